The molecule has 0 fully saturated rings. The average Bonchev–Trinajstić information content (AvgIpc) is 2.26. The lowest BCUT2D eigenvalue weighted by Crippen LogP contribution is -2.30. The zero-order valence-electron chi connectivity index (χ0n) is 10.9. The van der Waals surface area contributed by atoms with Gasteiger partial charge in [0, 0.05) is 6.67 Å². The van der Waals surface area contributed by atoms with Gasteiger partial charge in [-0.05, 0) is 57.6 Å². The van der Waals surface area contributed by atoms with Crippen molar-refractivity contribution in [1.29, 1.82) is 0 Å². The zero-order chi connectivity index (χ0) is 12.2. The molecule has 94 valence electrons. The van der Waals surface area contributed by atoms with Crippen LogP contribution in [0.3, 0.4) is 0 Å². The van der Waals surface area contributed by atoms with E-state index in [9.17, 15) is 0 Å². The van der Waals surface area contributed by atoms with E-state index in [-0.39, 0.29) is 0 Å². The maximum absolute atomic E-state index is 4.76. The third kappa shape index (κ3) is 10.3. The number of thiocarbonyl (C=S) groups is 1. The summed E-state index contributed by atoms with van der Waals surface area (Å²) >= 11 is 4.76. The van der Waals surface area contributed by atoms with E-state index in [0.29, 0.717) is 0 Å². The number of nitrogens with one attached hydrogen (secondary N) is 1. The number of nitrogens with zero attached hydrogens (tertiary/aromatic N) is 1. The minimum atomic E-state index is 0.802. The van der Waals surface area contributed by atoms with Crippen LogP contribution in [0.4, 0.5) is 0 Å². The van der Waals surface area contributed by atoms with Crippen LogP contribution >= 0.6 is 12.2 Å². The third-order valence-corrected chi connectivity index (χ3v) is 2.85. The molecule has 0 aromatic rings. The first-order valence-electron chi connectivity index (χ1n) is 6.12. The van der Waals surface area contributed by atoms with Gasteiger partial charge in [-0.15, -0.1) is 0 Å². The molecule has 16 heavy (non-hydrogen) atoms. The predicted octanol–water partition coefficient (Wildman–Crippen LogP) is 2.85. The molecule has 1 N–H and O–H groups in total. The van der Waals surface area contributed by atoms with E-state index in [1.54, 1.807) is 5.37 Å². The molecule has 0 aliphatic carbocycles. The van der Waals surface area contributed by atoms with Crippen LogP contribution < -0.4 is 5.32 Å². The second kappa shape index (κ2) is 11.2. The minimum absolute atomic E-state index is 0.802. The first-order valence-corrected chi connectivity index (χ1v) is 6.59. The van der Waals surface area contributed by atoms with Crippen molar-refractivity contribution in [1.82, 2.24) is 10.2 Å². The van der Waals surface area contributed by atoms with Crippen molar-refractivity contribution >= 4 is 17.6 Å². The molecule has 0 heterocycles. The predicted molar refractivity (Wildman–Crippen MR) is 77.0 cm³/mol. The van der Waals surface area contributed by atoms with Gasteiger partial charge < -0.3 is 5.32 Å². The molecule has 0 aromatic heterocycles. The second-order valence-electron chi connectivity index (χ2n) is 4.44. The molecule has 0 aliphatic heterocycles. The fraction of sp³-hybridized carbons (Fsp3) is 0.769. The van der Waals surface area contributed by atoms with Crippen LogP contribution in [0.15, 0.2) is 12.2 Å². The lowest BCUT2D eigenvalue weighted by Gasteiger charge is -2.18. The van der Waals surface area contributed by atoms with Crippen molar-refractivity contribution in [3.63, 3.8) is 0 Å². The van der Waals surface area contributed by atoms with Gasteiger partial charge in [0.1, 0.15) is 0 Å². The molecular formula is C13H26N2S. The van der Waals surface area contributed by atoms with Gasteiger partial charge in [-0.2, -0.15) is 0 Å². The Labute approximate surface area is 106 Å². The molecule has 1 atom stereocenters. The molecule has 0 spiro atoms. The lowest BCUT2D eigenvalue weighted by atomic mass is 10.0. The van der Waals surface area contributed by atoms with E-state index in [2.05, 4.69) is 36.3 Å². The van der Waals surface area contributed by atoms with Crippen LogP contribution in [-0.4, -0.2) is 37.6 Å². The Morgan fingerprint density at radius 1 is 1.31 bits per heavy atom. The van der Waals surface area contributed by atoms with Gasteiger partial charge in [0.2, 0.25) is 0 Å². The van der Waals surface area contributed by atoms with Gasteiger partial charge in [-0.1, -0.05) is 31.3 Å². The van der Waals surface area contributed by atoms with Crippen LogP contribution in [0.2, 0.25) is 0 Å². The summed E-state index contributed by atoms with van der Waals surface area (Å²) in [6.07, 6.45) is 9.07. The molecule has 3 heteroatoms. The van der Waals surface area contributed by atoms with E-state index in [1.165, 1.54) is 25.8 Å². The van der Waals surface area contributed by atoms with Crippen molar-refractivity contribution in [3.05, 3.63) is 12.2 Å². The molecule has 0 amide bonds. The highest BCUT2D eigenvalue weighted by Gasteiger charge is 2.02. The number of allylic oxidation sites excluding steroid dienone is 2. The first-order chi connectivity index (χ1) is 7.70. The third-order valence-electron chi connectivity index (χ3n) is 2.66. The summed E-state index contributed by atoms with van der Waals surface area (Å²) < 4.78 is 0. The minimum Gasteiger partial charge on any atom is -0.307 e. The lowest BCUT2D eigenvalue weighted by molar-refractivity contribution is 0.288. The maximum atomic E-state index is 4.76. The van der Waals surface area contributed by atoms with Crippen LogP contribution in [0.1, 0.15) is 32.6 Å². The van der Waals surface area contributed by atoms with Crippen LogP contribution in [0, 0.1) is 5.92 Å². The normalized spacial score (nSPS) is 13.5. The van der Waals surface area contributed by atoms with Crippen LogP contribution in [0.25, 0.3) is 0 Å². The maximum Gasteiger partial charge on any atom is 0.0475 e. The zero-order valence-corrected chi connectivity index (χ0v) is 11.7. The summed E-state index contributed by atoms with van der Waals surface area (Å²) in [6.45, 7) is 4.48. The van der Waals surface area contributed by atoms with E-state index in [4.69, 9.17) is 12.2 Å². The number of hydrogen-bond acceptors (Lipinski definition) is 3. The summed E-state index contributed by atoms with van der Waals surface area (Å²) in [5, 5.41) is 4.93. The number of rotatable bonds is 10. The van der Waals surface area contributed by atoms with Crippen molar-refractivity contribution in [2.75, 3.05) is 27.3 Å². The average molecular weight is 242 g/mol. The van der Waals surface area contributed by atoms with Gasteiger partial charge in [0.15, 0.2) is 0 Å². The van der Waals surface area contributed by atoms with Gasteiger partial charge in [0.05, 0.1) is 0 Å². The Bertz CT molecular complexity index is 192. The first kappa shape index (κ1) is 15.8. The van der Waals surface area contributed by atoms with Crippen LogP contribution in [-0.2, 0) is 0 Å². The van der Waals surface area contributed by atoms with E-state index in [1.807, 2.05) is 7.05 Å². The standard InChI is InChI=1S/C13H26N2S/c1-13(8-6-4-5-7-11-16)9-10-15(3)12-14-2/h4-5,11,13-14H,6-10,12H2,1-3H3/b5-4-. The Hall–Kier alpha value is -0.250. The Morgan fingerprint density at radius 3 is 2.69 bits per heavy atom. The summed E-state index contributed by atoms with van der Waals surface area (Å²) in [5.74, 6) is 0.802. The molecule has 0 aromatic carbocycles. The SMILES string of the molecule is CNCN(C)CCC(C)CC/C=C\CC=S. The molecule has 0 rings (SSSR count). The van der Waals surface area contributed by atoms with E-state index < -0.39 is 0 Å². The molecule has 2 nitrogen and oxygen atoms in total. The molecule has 0 aliphatic rings. The van der Waals surface area contributed by atoms with E-state index >= 15 is 0 Å². The van der Waals surface area contributed by atoms with Crippen molar-refractivity contribution in [3.8, 4) is 0 Å². The highest BCUT2D eigenvalue weighted by atomic mass is 32.1. The fourth-order valence-corrected chi connectivity index (χ4v) is 1.70. The highest BCUT2D eigenvalue weighted by molar-refractivity contribution is 7.78. The summed E-state index contributed by atoms with van der Waals surface area (Å²) in [5.41, 5.74) is 0. The highest BCUT2D eigenvalue weighted by Crippen LogP contribution is 2.11. The molecular weight excluding hydrogens is 216 g/mol. The Balaban J connectivity index is 3.43. The summed E-state index contributed by atoms with van der Waals surface area (Å²) in [4.78, 5) is 2.32. The quantitative estimate of drug-likeness (QED) is 0.360. The van der Waals surface area contributed by atoms with Gasteiger partial charge >= 0.3 is 0 Å². The summed E-state index contributed by atoms with van der Waals surface area (Å²) in [7, 11) is 4.14. The molecule has 1 unspecified atom stereocenters. The number of hydrogen-bond donors (Lipinski definition) is 1. The topological polar surface area (TPSA) is 15.3 Å². The monoisotopic (exact) mass is 242 g/mol. The smallest absolute Gasteiger partial charge is 0.0475 e. The van der Waals surface area contributed by atoms with Gasteiger partial charge in [-0.25, -0.2) is 0 Å². The van der Waals surface area contributed by atoms with Crippen molar-refractivity contribution in [2.45, 2.75) is 32.6 Å². The second-order valence-corrected chi connectivity index (χ2v) is 4.77. The van der Waals surface area contributed by atoms with Gasteiger partial charge in [-0.3, -0.25) is 4.90 Å². The molecule has 0 bridgehead atoms. The largest absolute Gasteiger partial charge is 0.307 e. The Kier molecular flexibility index (Phi) is 11.1. The Morgan fingerprint density at radius 2 is 2.06 bits per heavy atom. The molecule has 0 saturated carbocycles. The fourth-order valence-electron chi connectivity index (χ4n) is 1.58. The molecule has 0 radical (unpaired) electrons. The van der Waals surface area contributed by atoms with Crippen molar-refractivity contribution in [2.24, 2.45) is 5.92 Å². The van der Waals surface area contributed by atoms with E-state index in [0.717, 1.165) is 19.0 Å². The summed E-state index contributed by atoms with van der Waals surface area (Å²) in [6, 6.07) is 0. The van der Waals surface area contributed by atoms with Crippen molar-refractivity contribution < 1.29 is 0 Å². The molecule has 0 saturated heterocycles. The van der Waals surface area contributed by atoms with Crippen LogP contribution in [0.5, 0.6) is 0 Å². The van der Waals surface area contributed by atoms with Gasteiger partial charge in [0.25, 0.3) is 0 Å².